The van der Waals surface area contributed by atoms with Crippen molar-refractivity contribution in [1.29, 1.82) is 0 Å². The van der Waals surface area contributed by atoms with E-state index in [9.17, 15) is 0 Å². The lowest BCUT2D eigenvalue weighted by molar-refractivity contribution is 0.318. The highest BCUT2D eigenvalue weighted by atomic mass is 79.9. The van der Waals surface area contributed by atoms with Crippen molar-refractivity contribution in [2.45, 2.75) is 26.2 Å². The molecule has 0 unspecified atom stereocenters. The Hall–Kier alpha value is -0.610. The van der Waals surface area contributed by atoms with Gasteiger partial charge in [0.05, 0.1) is 0 Å². The summed E-state index contributed by atoms with van der Waals surface area (Å²) >= 11 is 8.73. The van der Waals surface area contributed by atoms with Crippen LogP contribution in [0.1, 0.15) is 31.7 Å². The smallest absolute Gasteiger partial charge is 0.107 e. The summed E-state index contributed by atoms with van der Waals surface area (Å²) in [5, 5.41) is 0. The molecule has 1 fully saturated rings. The number of hydrogen-bond acceptors (Lipinski definition) is 2. The van der Waals surface area contributed by atoms with Crippen molar-refractivity contribution in [3.8, 4) is 0 Å². The quantitative estimate of drug-likeness (QED) is 0.836. The highest BCUT2D eigenvalue weighted by molar-refractivity contribution is 9.10. The second-order valence-corrected chi connectivity index (χ2v) is 6.13. The second kappa shape index (κ2) is 6.02. The largest absolute Gasteiger partial charge is 0.389 e. The van der Waals surface area contributed by atoms with Gasteiger partial charge in [-0.3, -0.25) is 0 Å². The first-order valence-corrected chi connectivity index (χ1v) is 7.66. The molecule has 0 bridgehead atoms. The molecular weight excluding hydrogens is 308 g/mol. The number of nitrogens with two attached hydrogens (primary N) is 1. The van der Waals surface area contributed by atoms with E-state index in [-0.39, 0.29) is 0 Å². The van der Waals surface area contributed by atoms with Crippen LogP contribution in [0.2, 0.25) is 0 Å². The van der Waals surface area contributed by atoms with E-state index < -0.39 is 0 Å². The van der Waals surface area contributed by atoms with Gasteiger partial charge in [0.25, 0.3) is 0 Å². The molecule has 98 valence electrons. The Balaban J connectivity index is 2.28. The van der Waals surface area contributed by atoms with Crippen LogP contribution in [0.15, 0.2) is 22.7 Å². The molecule has 1 aromatic carbocycles. The number of anilines is 1. The molecule has 0 amide bonds. The predicted molar refractivity (Wildman–Crippen MR) is 85.3 cm³/mol. The third-order valence-corrected chi connectivity index (χ3v) is 4.53. The van der Waals surface area contributed by atoms with Crippen LogP contribution in [-0.2, 0) is 0 Å². The van der Waals surface area contributed by atoms with E-state index in [0.29, 0.717) is 4.99 Å². The van der Waals surface area contributed by atoms with E-state index in [0.717, 1.165) is 34.7 Å². The molecule has 0 radical (unpaired) electrons. The first-order valence-electron chi connectivity index (χ1n) is 6.46. The Bertz CT molecular complexity index is 443. The number of thiocarbonyl (C=S) groups is 1. The number of halogens is 1. The van der Waals surface area contributed by atoms with Gasteiger partial charge >= 0.3 is 0 Å². The lowest BCUT2D eigenvalue weighted by Gasteiger charge is -2.34. The average molecular weight is 327 g/mol. The van der Waals surface area contributed by atoms with E-state index in [1.165, 1.54) is 19.3 Å². The van der Waals surface area contributed by atoms with Crippen LogP contribution in [0.4, 0.5) is 5.69 Å². The summed E-state index contributed by atoms with van der Waals surface area (Å²) in [5.41, 5.74) is 7.98. The minimum Gasteiger partial charge on any atom is -0.389 e. The molecule has 1 aliphatic rings. The number of rotatable bonds is 5. The van der Waals surface area contributed by atoms with E-state index >= 15 is 0 Å². The van der Waals surface area contributed by atoms with Gasteiger partial charge in [0, 0.05) is 28.8 Å². The van der Waals surface area contributed by atoms with E-state index in [2.05, 4.69) is 33.8 Å². The molecule has 4 heteroatoms. The van der Waals surface area contributed by atoms with Crippen molar-refractivity contribution in [1.82, 2.24) is 0 Å². The van der Waals surface area contributed by atoms with Crippen LogP contribution in [0.5, 0.6) is 0 Å². The van der Waals surface area contributed by atoms with Crippen molar-refractivity contribution in [3.63, 3.8) is 0 Å². The summed E-state index contributed by atoms with van der Waals surface area (Å²) in [6.45, 7) is 4.29. The highest BCUT2D eigenvalue weighted by Gasteiger charge is 2.22. The Kier molecular flexibility index (Phi) is 4.62. The molecule has 0 aromatic heterocycles. The molecule has 2 rings (SSSR count). The lowest BCUT2D eigenvalue weighted by atomic mass is 9.85. The van der Waals surface area contributed by atoms with Crippen molar-refractivity contribution in [3.05, 3.63) is 28.2 Å². The molecule has 2 nitrogen and oxygen atoms in total. The van der Waals surface area contributed by atoms with Crippen LogP contribution < -0.4 is 10.6 Å². The molecule has 0 atom stereocenters. The zero-order valence-corrected chi connectivity index (χ0v) is 13.1. The van der Waals surface area contributed by atoms with Gasteiger partial charge in [-0.05, 0) is 53.7 Å². The average Bonchev–Trinajstić information content (AvgIpc) is 2.27. The molecule has 2 N–H and O–H groups in total. The first kappa shape index (κ1) is 13.8. The number of hydrogen-bond donors (Lipinski definition) is 1. The third-order valence-electron chi connectivity index (χ3n) is 3.66. The normalized spacial score (nSPS) is 15.2. The maximum Gasteiger partial charge on any atom is 0.107 e. The number of benzene rings is 1. The summed E-state index contributed by atoms with van der Waals surface area (Å²) in [7, 11) is 0. The van der Waals surface area contributed by atoms with Crippen molar-refractivity contribution in [2.75, 3.05) is 18.0 Å². The Labute approximate surface area is 123 Å². The van der Waals surface area contributed by atoms with E-state index in [1.54, 1.807) is 0 Å². The molecule has 0 saturated heterocycles. The van der Waals surface area contributed by atoms with Gasteiger partial charge < -0.3 is 10.6 Å². The molecule has 1 saturated carbocycles. The van der Waals surface area contributed by atoms with Gasteiger partial charge in [0.1, 0.15) is 4.99 Å². The second-order valence-electron chi connectivity index (χ2n) is 4.83. The van der Waals surface area contributed by atoms with Crippen LogP contribution in [0, 0.1) is 5.92 Å². The lowest BCUT2D eigenvalue weighted by Crippen LogP contribution is -2.34. The summed E-state index contributed by atoms with van der Waals surface area (Å²) in [6.07, 6.45) is 4.09. The molecular formula is C14H19BrN2S. The minimum absolute atomic E-state index is 0.463. The summed E-state index contributed by atoms with van der Waals surface area (Å²) < 4.78 is 0.986. The molecule has 1 aromatic rings. The molecule has 0 aliphatic heterocycles. The van der Waals surface area contributed by atoms with E-state index in [4.69, 9.17) is 18.0 Å². The predicted octanol–water partition coefficient (Wildman–Crippen LogP) is 3.71. The van der Waals surface area contributed by atoms with Crippen molar-refractivity contribution < 1.29 is 0 Å². The monoisotopic (exact) mass is 326 g/mol. The zero-order chi connectivity index (χ0) is 13.1. The van der Waals surface area contributed by atoms with Gasteiger partial charge in [-0.2, -0.15) is 0 Å². The fourth-order valence-corrected chi connectivity index (χ4v) is 3.32. The SMILES string of the molecule is CCN(CC1CCC1)c1cccc(Br)c1C(N)=S. The highest BCUT2D eigenvalue weighted by Crippen LogP contribution is 2.32. The maximum atomic E-state index is 5.86. The van der Waals surface area contributed by atoms with Crippen molar-refractivity contribution in [2.24, 2.45) is 11.7 Å². The van der Waals surface area contributed by atoms with Gasteiger partial charge in [-0.15, -0.1) is 0 Å². The third kappa shape index (κ3) is 2.86. The minimum atomic E-state index is 0.463. The fourth-order valence-electron chi connectivity index (χ4n) is 2.41. The molecule has 0 spiro atoms. The molecule has 0 heterocycles. The van der Waals surface area contributed by atoms with Crippen molar-refractivity contribution >= 4 is 38.8 Å². The Morgan fingerprint density at radius 2 is 2.22 bits per heavy atom. The summed E-state index contributed by atoms with van der Waals surface area (Å²) in [5.74, 6) is 0.836. The van der Waals surface area contributed by atoms with Crippen LogP contribution in [0.25, 0.3) is 0 Å². The number of nitrogens with zero attached hydrogens (tertiary/aromatic N) is 1. The standard InChI is InChI=1S/C14H19BrN2S/c1-2-17(9-10-5-3-6-10)12-8-4-7-11(15)13(12)14(16)18/h4,7-8,10H,2-3,5-6,9H2,1H3,(H2,16,18). The van der Waals surface area contributed by atoms with E-state index in [1.807, 2.05) is 12.1 Å². The molecule has 18 heavy (non-hydrogen) atoms. The van der Waals surface area contributed by atoms with Crippen LogP contribution in [0.3, 0.4) is 0 Å². The Morgan fingerprint density at radius 3 is 2.72 bits per heavy atom. The maximum absolute atomic E-state index is 5.86. The van der Waals surface area contributed by atoms with Crippen LogP contribution >= 0.6 is 28.1 Å². The van der Waals surface area contributed by atoms with Gasteiger partial charge in [-0.1, -0.05) is 24.7 Å². The Morgan fingerprint density at radius 1 is 1.50 bits per heavy atom. The van der Waals surface area contributed by atoms with Gasteiger partial charge in [-0.25, -0.2) is 0 Å². The topological polar surface area (TPSA) is 29.3 Å². The van der Waals surface area contributed by atoms with Crippen LogP contribution in [-0.4, -0.2) is 18.1 Å². The molecule has 1 aliphatic carbocycles. The first-order chi connectivity index (χ1) is 8.63. The summed E-state index contributed by atoms with van der Waals surface area (Å²) in [6, 6.07) is 6.15. The summed E-state index contributed by atoms with van der Waals surface area (Å²) in [4.78, 5) is 2.85. The van der Waals surface area contributed by atoms with Gasteiger partial charge in [0.15, 0.2) is 0 Å². The zero-order valence-electron chi connectivity index (χ0n) is 10.7. The van der Waals surface area contributed by atoms with Gasteiger partial charge in [0.2, 0.25) is 0 Å². The fraction of sp³-hybridized carbons (Fsp3) is 0.500.